The molecular weight excluding hydrogens is 274 g/mol. The monoisotopic (exact) mass is 285 g/mol. The SMILES string of the molecule is O=S(=O)(Cc1ccc(Cl)cc1)NCc1ncc[nH]1. The van der Waals surface area contributed by atoms with Crippen molar-refractivity contribution in [2.45, 2.75) is 12.3 Å². The number of H-pyrrole nitrogens is 1. The first-order chi connectivity index (χ1) is 8.55. The summed E-state index contributed by atoms with van der Waals surface area (Å²) < 4.78 is 26.1. The normalized spacial score (nSPS) is 11.6. The van der Waals surface area contributed by atoms with Crippen LogP contribution in [0.4, 0.5) is 0 Å². The number of aromatic nitrogens is 2. The predicted octanol–water partition coefficient (Wildman–Crippen LogP) is 1.68. The molecule has 0 saturated heterocycles. The molecule has 5 nitrogen and oxygen atoms in total. The fourth-order valence-corrected chi connectivity index (χ4v) is 2.64. The number of hydrogen-bond donors (Lipinski definition) is 2. The van der Waals surface area contributed by atoms with Gasteiger partial charge in [-0.15, -0.1) is 0 Å². The van der Waals surface area contributed by atoms with Crippen molar-refractivity contribution >= 4 is 21.6 Å². The Bertz CT molecular complexity index is 594. The van der Waals surface area contributed by atoms with Gasteiger partial charge in [-0.1, -0.05) is 23.7 Å². The highest BCUT2D eigenvalue weighted by atomic mass is 35.5. The fraction of sp³-hybridized carbons (Fsp3) is 0.182. The maximum atomic E-state index is 11.8. The zero-order chi connectivity index (χ0) is 13.0. The minimum atomic E-state index is -3.38. The molecule has 0 amide bonds. The summed E-state index contributed by atoms with van der Waals surface area (Å²) in [5, 5.41) is 0.583. The summed E-state index contributed by atoms with van der Waals surface area (Å²) in [6, 6.07) is 6.71. The van der Waals surface area contributed by atoms with E-state index >= 15 is 0 Å². The number of hydrogen-bond acceptors (Lipinski definition) is 3. The maximum Gasteiger partial charge on any atom is 0.216 e. The van der Waals surface area contributed by atoms with Gasteiger partial charge >= 0.3 is 0 Å². The van der Waals surface area contributed by atoms with Crippen LogP contribution in [0.25, 0.3) is 0 Å². The van der Waals surface area contributed by atoms with Crippen molar-refractivity contribution in [3.05, 3.63) is 53.1 Å². The smallest absolute Gasteiger partial charge is 0.216 e. The Morgan fingerprint density at radius 1 is 1.28 bits per heavy atom. The highest BCUT2D eigenvalue weighted by Crippen LogP contribution is 2.11. The highest BCUT2D eigenvalue weighted by Gasteiger charge is 2.11. The standard InChI is InChI=1S/C11H12ClN3O2S/c12-10-3-1-9(2-4-10)8-18(16,17)15-7-11-13-5-6-14-11/h1-6,15H,7-8H2,(H,13,14). The van der Waals surface area contributed by atoms with Gasteiger partial charge in [-0.2, -0.15) is 0 Å². The Labute approximate surface area is 110 Å². The molecule has 0 spiro atoms. The zero-order valence-corrected chi connectivity index (χ0v) is 11.0. The molecule has 1 aromatic carbocycles. The van der Waals surface area contributed by atoms with E-state index in [1.165, 1.54) is 0 Å². The second kappa shape index (κ2) is 5.51. The Morgan fingerprint density at radius 2 is 2.00 bits per heavy atom. The van der Waals surface area contributed by atoms with Gasteiger partial charge in [-0.25, -0.2) is 18.1 Å². The van der Waals surface area contributed by atoms with Gasteiger partial charge in [0, 0.05) is 17.4 Å². The van der Waals surface area contributed by atoms with E-state index in [0.717, 1.165) is 0 Å². The van der Waals surface area contributed by atoms with Crippen molar-refractivity contribution in [3.8, 4) is 0 Å². The van der Waals surface area contributed by atoms with Gasteiger partial charge in [0.25, 0.3) is 0 Å². The van der Waals surface area contributed by atoms with Gasteiger partial charge < -0.3 is 4.98 Å². The minimum absolute atomic E-state index is 0.0785. The summed E-state index contributed by atoms with van der Waals surface area (Å²) >= 11 is 5.73. The van der Waals surface area contributed by atoms with E-state index in [2.05, 4.69) is 14.7 Å². The minimum Gasteiger partial charge on any atom is -0.347 e. The molecule has 0 radical (unpaired) electrons. The largest absolute Gasteiger partial charge is 0.347 e. The summed E-state index contributed by atoms with van der Waals surface area (Å²) in [6.45, 7) is 0.156. The molecule has 96 valence electrons. The fourth-order valence-electron chi connectivity index (χ4n) is 1.42. The van der Waals surface area contributed by atoms with Crippen LogP contribution in [0.2, 0.25) is 5.02 Å². The summed E-state index contributed by atoms with van der Waals surface area (Å²) in [4.78, 5) is 6.76. The van der Waals surface area contributed by atoms with Gasteiger partial charge in [0.05, 0.1) is 12.3 Å². The molecule has 0 aliphatic heterocycles. The lowest BCUT2D eigenvalue weighted by Gasteiger charge is -2.05. The quantitative estimate of drug-likeness (QED) is 0.878. The van der Waals surface area contributed by atoms with Crippen LogP contribution in [0, 0.1) is 0 Å². The average Bonchev–Trinajstić information content (AvgIpc) is 2.83. The first-order valence-electron chi connectivity index (χ1n) is 5.25. The summed E-state index contributed by atoms with van der Waals surface area (Å²) in [7, 11) is -3.38. The number of halogens is 1. The number of rotatable bonds is 5. The van der Waals surface area contributed by atoms with Gasteiger partial charge in [-0.05, 0) is 17.7 Å². The van der Waals surface area contributed by atoms with Crippen LogP contribution in [0.5, 0.6) is 0 Å². The van der Waals surface area contributed by atoms with Gasteiger partial charge in [0.1, 0.15) is 5.82 Å². The Morgan fingerprint density at radius 3 is 2.61 bits per heavy atom. The average molecular weight is 286 g/mol. The number of benzene rings is 1. The second-order valence-corrected chi connectivity index (χ2v) is 5.99. The van der Waals surface area contributed by atoms with Crippen LogP contribution >= 0.6 is 11.6 Å². The van der Waals surface area contributed by atoms with Crippen LogP contribution in [-0.2, 0) is 22.3 Å². The van der Waals surface area contributed by atoms with Gasteiger partial charge in [0.15, 0.2) is 0 Å². The Balaban J connectivity index is 1.97. The summed E-state index contributed by atoms with van der Waals surface area (Å²) in [5.74, 6) is 0.500. The van der Waals surface area contributed by atoms with Crippen molar-refractivity contribution in [2.75, 3.05) is 0 Å². The highest BCUT2D eigenvalue weighted by molar-refractivity contribution is 7.88. The molecular formula is C11H12ClN3O2S. The number of imidazole rings is 1. The first-order valence-corrected chi connectivity index (χ1v) is 7.28. The first kappa shape index (κ1) is 13.1. The van der Waals surface area contributed by atoms with E-state index in [4.69, 9.17) is 11.6 Å². The van der Waals surface area contributed by atoms with Crippen molar-refractivity contribution in [2.24, 2.45) is 0 Å². The molecule has 0 fully saturated rings. The van der Waals surface area contributed by atoms with Crippen molar-refractivity contribution in [3.63, 3.8) is 0 Å². The third kappa shape index (κ3) is 3.83. The predicted molar refractivity (Wildman–Crippen MR) is 69.5 cm³/mol. The molecule has 0 aliphatic rings. The molecule has 0 unspecified atom stereocenters. The molecule has 2 aromatic rings. The third-order valence-electron chi connectivity index (χ3n) is 2.28. The van der Waals surface area contributed by atoms with Crippen molar-refractivity contribution < 1.29 is 8.42 Å². The van der Waals surface area contributed by atoms with Crippen LogP contribution < -0.4 is 4.72 Å². The van der Waals surface area contributed by atoms with Crippen LogP contribution in [-0.4, -0.2) is 18.4 Å². The molecule has 0 atom stereocenters. The zero-order valence-electron chi connectivity index (χ0n) is 9.43. The van der Waals surface area contributed by atoms with E-state index in [1.54, 1.807) is 36.7 Å². The Hall–Kier alpha value is -1.37. The van der Waals surface area contributed by atoms with E-state index in [9.17, 15) is 8.42 Å². The maximum absolute atomic E-state index is 11.8. The molecule has 1 heterocycles. The second-order valence-electron chi connectivity index (χ2n) is 3.74. The topological polar surface area (TPSA) is 74.8 Å². The lowest BCUT2D eigenvalue weighted by atomic mass is 10.2. The molecule has 1 aromatic heterocycles. The number of sulfonamides is 1. The molecule has 7 heteroatoms. The van der Waals surface area contributed by atoms with E-state index < -0.39 is 10.0 Å². The van der Waals surface area contributed by atoms with Crippen LogP contribution in [0.15, 0.2) is 36.7 Å². The molecule has 2 N–H and O–H groups in total. The van der Waals surface area contributed by atoms with Crippen LogP contribution in [0.3, 0.4) is 0 Å². The molecule has 2 rings (SSSR count). The van der Waals surface area contributed by atoms with Gasteiger partial charge in [0.2, 0.25) is 10.0 Å². The summed E-state index contributed by atoms with van der Waals surface area (Å²) in [6.07, 6.45) is 3.21. The van der Waals surface area contributed by atoms with Crippen molar-refractivity contribution in [1.29, 1.82) is 0 Å². The number of nitrogens with zero attached hydrogens (tertiary/aromatic N) is 1. The lowest BCUT2D eigenvalue weighted by molar-refractivity contribution is 0.578. The Kier molecular flexibility index (Phi) is 4.00. The molecule has 0 saturated carbocycles. The van der Waals surface area contributed by atoms with Gasteiger partial charge in [-0.3, -0.25) is 0 Å². The molecule has 18 heavy (non-hydrogen) atoms. The van der Waals surface area contributed by atoms with Crippen molar-refractivity contribution in [1.82, 2.24) is 14.7 Å². The van der Waals surface area contributed by atoms with E-state index in [1.807, 2.05) is 0 Å². The van der Waals surface area contributed by atoms with E-state index in [-0.39, 0.29) is 12.3 Å². The third-order valence-corrected chi connectivity index (χ3v) is 3.83. The molecule has 0 aliphatic carbocycles. The number of aromatic amines is 1. The van der Waals surface area contributed by atoms with Crippen LogP contribution in [0.1, 0.15) is 11.4 Å². The summed E-state index contributed by atoms with van der Waals surface area (Å²) in [5.41, 5.74) is 0.686. The number of nitrogens with one attached hydrogen (secondary N) is 2. The molecule has 0 bridgehead atoms. The van der Waals surface area contributed by atoms with E-state index in [0.29, 0.717) is 16.4 Å². The lowest BCUT2D eigenvalue weighted by Crippen LogP contribution is -2.25.